The highest BCUT2D eigenvalue weighted by molar-refractivity contribution is 6.01. The molecule has 0 atom stereocenters. The molecule has 0 saturated heterocycles. The lowest BCUT2D eigenvalue weighted by Crippen LogP contribution is -2.40. The predicted molar refractivity (Wildman–Crippen MR) is 93.3 cm³/mol. The van der Waals surface area contributed by atoms with Crippen LogP contribution in [0.25, 0.3) is 0 Å². The number of amides is 2. The van der Waals surface area contributed by atoms with Crippen molar-refractivity contribution >= 4 is 17.5 Å². The monoisotopic (exact) mass is 342 g/mol. The number of fused-ring (bicyclic) bond motifs is 1. The summed E-state index contributed by atoms with van der Waals surface area (Å²) in [6.07, 6.45) is 1.82. The zero-order valence-electron chi connectivity index (χ0n) is 14.7. The van der Waals surface area contributed by atoms with E-state index >= 15 is 0 Å². The number of nitrogens with zero attached hydrogens (tertiary/aromatic N) is 2. The van der Waals surface area contributed by atoms with Crippen molar-refractivity contribution < 1.29 is 19.1 Å². The molecule has 132 valence electrons. The molecule has 6 heteroatoms. The molecule has 1 aromatic carbocycles. The summed E-state index contributed by atoms with van der Waals surface area (Å²) in [7, 11) is 1.61. The number of furan rings is 1. The zero-order chi connectivity index (χ0) is 18.2. The van der Waals surface area contributed by atoms with Crippen LogP contribution in [-0.2, 0) is 17.8 Å². The van der Waals surface area contributed by atoms with Crippen LogP contribution in [0.15, 0.2) is 41.0 Å². The van der Waals surface area contributed by atoms with Gasteiger partial charge in [-0.2, -0.15) is 0 Å². The van der Waals surface area contributed by atoms with E-state index in [0.717, 1.165) is 11.3 Å². The van der Waals surface area contributed by atoms with Gasteiger partial charge in [-0.1, -0.05) is 18.2 Å². The van der Waals surface area contributed by atoms with Gasteiger partial charge in [0.15, 0.2) is 5.76 Å². The molecule has 0 unspecified atom stereocenters. The van der Waals surface area contributed by atoms with Gasteiger partial charge in [-0.15, -0.1) is 0 Å². The third-order valence-electron chi connectivity index (χ3n) is 4.17. The van der Waals surface area contributed by atoms with E-state index in [1.165, 1.54) is 11.2 Å². The van der Waals surface area contributed by atoms with Crippen LogP contribution in [0.4, 0.5) is 5.69 Å². The van der Waals surface area contributed by atoms with Gasteiger partial charge in [-0.25, -0.2) is 0 Å². The molecule has 3 rings (SSSR count). The van der Waals surface area contributed by atoms with E-state index in [1.807, 2.05) is 24.3 Å². The van der Waals surface area contributed by atoms with Crippen molar-refractivity contribution in [1.29, 1.82) is 0 Å². The molecular weight excluding hydrogens is 320 g/mol. The molecule has 2 aromatic rings. The fourth-order valence-corrected chi connectivity index (χ4v) is 3.13. The molecule has 0 saturated carbocycles. The van der Waals surface area contributed by atoms with Gasteiger partial charge >= 0.3 is 0 Å². The quantitative estimate of drug-likeness (QED) is 0.904. The SMILES string of the molecule is CN(CC(C)(C)O)C(=O)c1occc1CN1C(=O)Cc2ccccc21. The average molecular weight is 342 g/mol. The van der Waals surface area contributed by atoms with E-state index in [4.69, 9.17) is 4.42 Å². The number of aliphatic hydroxyl groups is 1. The molecule has 0 spiro atoms. The Hall–Kier alpha value is -2.60. The number of para-hydroxylation sites is 1. The van der Waals surface area contributed by atoms with Crippen molar-refractivity contribution in [2.24, 2.45) is 0 Å². The van der Waals surface area contributed by atoms with Gasteiger partial charge in [0.2, 0.25) is 5.91 Å². The summed E-state index contributed by atoms with van der Waals surface area (Å²) in [5, 5.41) is 9.90. The molecule has 0 aliphatic carbocycles. The largest absolute Gasteiger partial charge is 0.459 e. The van der Waals surface area contributed by atoms with Crippen LogP contribution in [-0.4, -0.2) is 41.0 Å². The highest BCUT2D eigenvalue weighted by atomic mass is 16.3. The second kappa shape index (κ2) is 6.37. The molecular formula is C19H22N2O4. The van der Waals surface area contributed by atoms with Crippen LogP contribution >= 0.6 is 0 Å². The average Bonchev–Trinajstić information content (AvgIpc) is 3.10. The molecule has 0 radical (unpaired) electrons. The summed E-state index contributed by atoms with van der Waals surface area (Å²) < 4.78 is 5.38. The van der Waals surface area contributed by atoms with E-state index in [1.54, 1.807) is 31.9 Å². The number of likely N-dealkylation sites (N-methyl/N-ethyl adjacent to an activating group) is 1. The van der Waals surface area contributed by atoms with Gasteiger partial charge in [-0.05, 0) is 31.5 Å². The summed E-state index contributed by atoms with van der Waals surface area (Å²) in [6.45, 7) is 3.74. The van der Waals surface area contributed by atoms with Crippen LogP contribution < -0.4 is 4.90 Å². The van der Waals surface area contributed by atoms with E-state index in [9.17, 15) is 14.7 Å². The maximum Gasteiger partial charge on any atom is 0.289 e. The summed E-state index contributed by atoms with van der Waals surface area (Å²) in [4.78, 5) is 28.0. The molecule has 0 bridgehead atoms. The lowest BCUT2D eigenvalue weighted by Gasteiger charge is -2.25. The fourth-order valence-electron chi connectivity index (χ4n) is 3.13. The van der Waals surface area contributed by atoms with Crippen LogP contribution in [0.3, 0.4) is 0 Å². The van der Waals surface area contributed by atoms with Crippen molar-refractivity contribution in [3.63, 3.8) is 0 Å². The summed E-state index contributed by atoms with van der Waals surface area (Å²) >= 11 is 0. The fraction of sp³-hybridized carbons (Fsp3) is 0.368. The molecule has 25 heavy (non-hydrogen) atoms. The lowest BCUT2D eigenvalue weighted by molar-refractivity contribution is -0.117. The number of benzene rings is 1. The Morgan fingerprint density at radius 2 is 2.04 bits per heavy atom. The maximum absolute atomic E-state index is 12.6. The standard InChI is InChI=1S/C19H22N2O4/c1-19(2,24)12-20(3)18(23)17-14(8-9-25-17)11-21-15-7-5-4-6-13(15)10-16(21)22/h4-9,24H,10-12H2,1-3H3. The summed E-state index contributed by atoms with van der Waals surface area (Å²) in [5.74, 6) is -0.114. The smallest absolute Gasteiger partial charge is 0.289 e. The van der Waals surface area contributed by atoms with Crippen LogP contribution in [0.2, 0.25) is 0 Å². The molecule has 1 aliphatic rings. The summed E-state index contributed by atoms with van der Waals surface area (Å²) in [6, 6.07) is 9.35. The normalized spacial score (nSPS) is 13.9. The van der Waals surface area contributed by atoms with E-state index in [0.29, 0.717) is 12.0 Å². The number of anilines is 1. The molecule has 2 amide bonds. The summed E-state index contributed by atoms with van der Waals surface area (Å²) in [5.41, 5.74) is 1.51. The van der Waals surface area contributed by atoms with Crippen molar-refractivity contribution in [2.75, 3.05) is 18.5 Å². The molecule has 6 nitrogen and oxygen atoms in total. The lowest BCUT2D eigenvalue weighted by atomic mass is 10.1. The second-order valence-corrected chi connectivity index (χ2v) is 7.03. The Balaban J connectivity index is 1.81. The van der Waals surface area contributed by atoms with Crippen molar-refractivity contribution in [3.8, 4) is 0 Å². The van der Waals surface area contributed by atoms with Crippen molar-refractivity contribution in [3.05, 3.63) is 53.5 Å². The topological polar surface area (TPSA) is 74.0 Å². The third-order valence-corrected chi connectivity index (χ3v) is 4.17. The first-order valence-electron chi connectivity index (χ1n) is 8.19. The first kappa shape index (κ1) is 17.2. The molecule has 0 fully saturated rings. The highest BCUT2D eigenvalue weighted by Gasteiger charge is 2.30. The van der Waals surface area contributed by atoms with Gasteiger partial charge in [0, 0.05) is 24.8 Å². The van der Waals surface area contributed by atoms with E-state index in [-0.39, 0.29) is 30.7 Å². The number of carbonyl (C=O) groups excluding carboxylic acids is 2. The van der Waals surface area contributed by atoms with E-state index in [2.05, 4.69) is 0 Å². The van der Waals surface area contributed by atoms with Gasteiger partial charge in [0.25, 0.3) is 5.91 Å². The Morgan fingerprint density at radius 1 is 1.32 bits per heavy atom. The second-order valence-electron chi connectivity index (χ2n) is 7.03. The first-order chi connectivity index (χ1) is 11.8. The van der Waals surface area contributed by atoms with Crippen LogP contribution in [0, 0.1) is 0 Å². The van der Waals surface area contributed by atoms with Crippen LogP contribution in [0.1, 0.15) is 35.5 Å². The minimum atomic E-state index is -0.999. The third kappa shape index (κ3) is 3.58. The van der Waals surface area contributed by atoms with Crippen LogP contribution in [0.5, 0.6) is 0 Å². The highest BCUT2D eigenvalue weighted by Crippen LogP contribution is 2.30. The van der Waals surface area contributed by atoms with E-state index < -0.39 is 5.60 Å². The first-order valence-corrected chi connectivity index (χ1v) is 8.19. The molecule has 1 N–H and O–H groups in total. The number of rotatable bonds is 5. The van der Waals surface area contributed by atoms with Crippen molar-refractivity contribution in [1.82, 2.24) is 4.90 Å². The Bertz CT molecular complexity index is 804. The number of carbonyl (C=O) groups is 2. The maximum atomic E-state index is 12.6. The minimum absolute atomic E-state index is 0.00523. The molecule has 1 aromatic heterocycles. The zero-order valence-corrected chi connectivity index (χ0v) is 14.7. The molecule has 2 heterocycles. The van der Waals surface area contributed by atoms with Gasteiger partial charge in [-0.3, -0.25) is 9.59 Å². The van der Waals surface area contributed by atoms with Crippen molar-refractivity contribution in [2.45, 2.75) is 32.4 Å². The number of hydrogen-bond acceptors (Lipinski definition) is 4. The predicted octanol–water partition coefficient (Wildman–Crippen LogP) is 2.21. The Morgan fingerprint density at radius 3 is 2.76 bits per heavy atom. The molecule has 1 aliphatic heterocycles. The Labute approximate surface area is 146 Å². The van der Waals surface area contributed by atoms with Gasteiger partial charge < -0.3 is 19.3 Å². The minimum Gasteiger partial charge on any atom is -0.459 e. The number of hydrogen-bond donors (Lipinski definition) is 1. The van der Waals surface area contributed by atoms with Gasteiger partial charge in [0.05, 0.1) is 24.8 Å². The van der Waals surface area contributed by atoms with Gasteiger partial charge in [0.1, 0.15) is 0 Å². The Kier molecular flexibility index (Phi) is 4.39.